The van der Waals surface area contributed by atoms with Gasteiger partial charge in [-0.1, -0.05) is 0 Å². The Morgan fingerprint density at radius 2 is 2.12 bits per heavy atom. The number of amides is 2. The summed E-state index contributed by atoms with van der Waals surface area (Å²) in [5.41, 5.74) is 1.61. The molecule has 0 unspecified atom stereocenters. The lowest BCUT2D eigenvalue weighted by molar-refractivity contribution is -0.128. The van der Waals surface area contributed by atoms with Gasteiger partial charge in [0.05, 0.1) is 6.61 Å². The molecule has 0 radical (unpaired) electrons. The van der Waals surface area contributed by atoms with Crippen LogP contribution in [0.2, 0.25) is 0 Å². The van der Waals surface area contributed by atoms with Crippen molar-refractivity contribution in [3.8, 4) is 0 Å². The molecule has 136 valence electrons. The number of hydrogen-bond acceptors (Lipinski definition) is 4. The largest absolute Gasteiger partial charge is 0.383 e. The van der Waals surface area contributed by atoms with E-state index in [2.05, 4.69) is 4.98 Å². The molecule has 1 atom stereocenters. The Hall–Kier alpha value is -1.95. The Kier molecular flexibility index (Phi) is 6.02. The average Bonchev–Trinajstić information content (AvgIpc) is 2.99. The van der Waals surface area contributed by atoms with Crippen LogP contribution in [0, 0.1) is 5.92 Å². The summed E-state index contributed by atoms with van der Waals surface area (Å²) in [7, 11) is 1.65. The van der Waals surface area contributed by atoms with E-state index in [-0.39, 0.29) is 17.7 Å². The van der Waals surface area contributed by atoms with Gasteiger partial charge in [-0.15, -0.1) is 0 Å². The summed E-state index contributed by atoms with van der Waals surface area (Å²) in [5.74, 6) is 0.548. The van der Waals surface area contributed by atoms with Crippen molar-refractivity contribution >= 4 is 11.8 Å². The summed E-state index contributed by atoms with van der Waals surface area (Å²) in [6.07, 6.45) is 6.38. The number of aromatic nitrogens is 1. The average molecular weight is 345 g/mol. The predicted octanol–water partition coefficient (Wildman–Crippen LogP) is 1.75. The third kappa shape index (κ3) is 4.57. The molecule has 1 aromatic rings. The minimum Gasteiger partial charge on any atom is -0.383 e. The van der Waals surface area contributed by atoms with Crippen molar-refractivity contribution in [3.63, 3.8) is 0 Å². The van der Waals surface area contributed by atoms with Gasteiger partial charge in [0, 0.05) is 57.2 Å². The van der Waals surface area contributed by atoms with Crippen molar-refractivity contribution < 1.29 is 14.3 Å². The third-order valence-electron chi connectivity index (χ3n) is 5.06. The molecule has 0 saturated carbocycles. The first-order chi connectivity index (χ1) is 12.2. The van der Waals surface area contributed by atoms with Crippen LogP contribution in [-0.2, 0) is 16.0 Å². The Balaban J connectivity index is 1.60. The second kappa shape index (κ2) is 8.43. The summed E-state index contributed by atoms with van der Waals surface area (Å²) < 4.78 is 5.06. The molecular formula is C19H27N3O3. The van der Waals surface area contributed by atoms with E-state index in [1.807, 2.05) is 15.9 Å². The number of hydrogen-bond donors (Lipinski definition) is 0. The number of piperidine rings is 1. The topological polar surface area (TPSA) is 62.7 Å². The van der Waals surface area contributed by atoms with Crippen LogP contribution in [0.15, 0.2) is 18.3 Å². The van der Waals surface area contributed by atoms with E-state index in [1.54, 1.807) is 19.4 Å². The van der Waals surface area contributed by atoms with Crippen molar-refractivity contribution in [2.75, 3.05) is 39.9 Å². The van der Waals surface area contributed by atoms with Gasteiger partial charge in [0.2, 0.25) is 5.91 Å². The molecular weight excluding hydrogens is 318 g/mol. The number of ether oxygens (including phenoxy) is 1. The zero-order valence-electron chi connectivity index (χ0n) is 14.9. The lowest BCUT2D eigenvalue weighted by Gasteiger charge is -2.26. The minimum atomic E-state index is 0.104. The van der Waals surface area contributed by atoms with Crippen LogP contribution in [0.1, 0.15) is 41.7 Å². The first-order valence-electron chi connectivity index (χ1n) is 9.18. The Bertz CT molecular complexity index is 614. The van der Waals surface area contributed by atoms with Crippen LogP contribution in [0.3, 0.4) is 0 Å². The molecule has 0 aliphatic carbocycles. The lowest BCUT2D eigenvalue weighted by Crippen LogP contribution is -2.35. The Morgan fingerprint density at radius 1 is 1.32 bits per heavy atom. The summed E-state index contributed by atoms with van der Waals surface area (Å²) >= 11 is 0. The fourth-order valence-corrected chi connectivity index (χ4v) is 3.71. The van der Waals surface area contributed by atoms with Crippen molar-refractivity contribution in [3.05, 3.63) is 29.6 Å². The molecule has 0 aromatic carbocycles. The molecule has 25 heavy (non-hydrogen) atoms. The number of methoxy groups -OCH3 is 1. The standard InChI is InChI=1S/C19H27N3O3/c1-25-10-9-22-14-15(12-18(22)23)11-17-13-16(5-6-20-17)19(24)21-7-3-2-4-8-21/h5-6,13,15H,2-4,7-12,14H2,1H3/t15-/m0/s1. The fraction of sp³-hybridized carbons (Fsp3) is 0.632. The zero-order chi connectivity index (χ0) is 17.6. The zero-order valence-corrected chi connectivity index (χ0v) is 14.9. The minimum absolute atomic E-state index is 0.104. The second-order valence-corrected chi connectivity index (χ2v) is 7.00. The van der Waals surface area contributed by atoms with Crippen LogP contribution >= 0.6 is 0 Å². The molecule has 6 heteroatoms. The van der Waals surface area contributed by atoms with Crippen LogP contribution in [-0.4, -0.2) is 66.5 Å². The molecule has 0 N–H and O–H groups in total. The first-order valence-corrected chi connectivity index (χ1v) is 9.18. The number of likely N-dealkylation sites (tertiary alicyclic amines) is 2. The van der Waals surface area contributed by atoms with E-state index in [4.69, 9.17) is 4.74 Å². The van der Waals surface area contributed by atoms with E-state index in [0.717, 1.165) is 44.6 Å². The SMILES string of the molecule is COCCN1C[C@@H](Cc2cc(C(=O)N3CCCCC3)ccn2)CC1=O. The molecule has 3 rings (SSSR count). The summed E-state index contributed by atoms with van der Waals surface area (Å²) in [4.78, 5) is 32.9. The first kappa shape index (κ1) is 17.9. The van der Waals surface area contributed by atoms with Gasteiger partial charge in [0.15, 0.2) is 0 Å². The van der Waals surface area contributed by atoms with Crippen LogP contribution < -0.4 is 0 Å². The summed E-state index contributed by atoms with van der Waals surface area (Å²) in [6.45, 7) is 3.65. The van der Waals surface area contributed by atoms with Gasteiger partial charge in [-0.25, -0.2) is 0 Å². The molecule has 6 nitrogen and oxygen atoms in total. The van der Waals surface area contributed by atoms with Gasteiger partial charge in [-0.05, 0) is 43.7 Å². The molecule has 2 aliphatic rings. The molecule has 0 spiro atoms. The molecule has 3 heterocycles. The second-order valence-electron chi connectivity index (χ2n) is 7.00. The van der Waals surface area contributed by atoms with E-state index in [0.29, 0.717) is 25.1 Å². The number of carbonyl (C=O) groups is 2. The van der Waals surface area contributed by atoms with Crippen molar-refractivity contribution in [2.24, 2.45) is 5.92 Å². The Morgan fingerprint density at radius 3 is 2.88 bits per heavy atom. The molecule has 2 saturated heterocycles. The maximum atomic E-state index is 12.6. The van der Waals surface area contributed by atoms with Crippen LogP contribution in [0.4, 0.5) is 0 Å². The molecule has 1 aromatic heterocycles. The maximum absolute atomic E-state index is 12.6. The molecule has 2 aliphatic heterocycles. The summed E-state index contributed by atoms with van der Waals surface area (Å²) in [5, 5.41) is 0. The van der Waals surface area contributed by atoms with Gasteiger partial charge >= 0.3 is 0 Å². The molecule has 2 fully saturated rings. The predicted molar refractivity (Wildman–Crippen MR) is 94.3 cm³/mol. The fourth-order valence-electron chi connectivity index (χ4n) is 3.71. The smallest absolute Gasteiger partial charge is 0.253 e. The summed E-state index contributed by atoms with van der Waals surface area (Å²) in [6, 6.07) is 3.70. The highest BCUT2D eigenvalue weighted by molar-refractivity contribution is 5.94. The van der Waals surface area contributed by atoms with Gasteiger partial charge in [0.1, 0.15) is 0 Å². The van der Waals surface area contributed by atoms with Crippen molar-refractivity contribution in [2.45, 2.75) is 32.1 Å². The van der Waals surface area contributed by atoms with E-state index >= 15 is 0 Å². The van der Waals surface area contributed by atoms with Gasteiger partial charge in [0.25, 0.3) is 5.91 Å². The Labute approximate surface area is 149 Å². The van der Waals surface area contributed by atoms with Crippen molar-refractivity contribution in [1.29, 1.82) is 0 Å². The highest BCUT2D eigenvalue weighted by Gasteiger charge is 2.29. The van der Waals surface area contributed by atoms with E-state index in [9.17, 15) is 9.59 Å². The normalized spacial score (nSPS) is 21.0. The molecule has 2 amide bonds. The number of nitrogens with zero attached hydrogens (tertiary/aromatic N) is 3. The van der Waals surface area contributed by atoms with Crippen LogP contribution in [0.5, 0.6) is 0 Å². The monoisotopic (exact) mass is 345 g/mol. The van der Waals surface area contributed by atoms with E-state index < -0.39 is 0 Å². The van der Waals surface area contributed by atoms with Gasteiger partial charge in [-0.2, -0.15) is 0 Å². The maximum Gasteiger partial charge on any atom is 0.253 e. The van der Waals surface area contributed by atoms with Gasteiger partial charge < -0.3 is 14.5 Å². The highest BCUT2D eigenvalue weighted by atomic mass is 16.5. The quantitative estimate of drug-likeness (QED) is 0.788. The van der Waals surface area contributed by atoms with Crippen LogP contribution in [0.25, 0.3) is 0 Å². The number of carbonyl (C=O) groups excluding carboxylic acids is 2. The highest BCUT2D eigenvalue weighted by Crippen LogP contribution is 2.22. The van der Waals surface area contributed by atoms with Gasteiger partial charge in [-0.3, -0.25) is 14.6 Å². The lowest BCUT2D eigenvalue weighted by atomic mass is 10.0. The number of rotatable bonds is 6. The third-order valence-corrected chi connectivity index (χ3v) is 5.06. The molecule has 0 bridgehead atoms. The van der Waals surface area contributed by atoms with E-state index in [1.165, 1.54) is 6.42 Å². The van der Waals surface area contributed by atoms with Crippen molar-refractivity contribution in [1.82, 2.24) is 14.8 Å². The number of pyridine rings is 1.